The minimum atomic E-state index is -0.393. The third-order valence-electron chi connectivity index (χ3n) is 3.26. The van der Waals surface area contributed by atoms with Gasteiger partial charge in [0.05, 0.1) is 27.5 Å². The number of carbonyl (C=O) groups excluding carboxylic acids is 1. The van der Waals surface area contributed by atoms with Gasteiger partial charge in [0, 0.05) is 6.20 Å². The van der Waals surface area contributed by atoms with Gasteiger partial charge in [-0.25, -0.2) is 0 Å². The van der Waals surface area contributed by atoms with Gasteiger partial charge in [-0.05, 0) is 36.4 Å². The van der Waals surface area contributed by atoms with Crippen LogP contribution in [0.2, 0.25) is 10.0 Å². The Morgan fingerprint density at radius 2 is 1.72 bits per heavy atom. The molecule has 1 amide bonds. The summed E-state index contributed by atoms with van der Waals surface area (Å²) >= 11 is 12.1. The number of carbonyl (C=O) groups is 1. The molecule has 3 aromatic rings. The van der Waals surface area contributed by atoms with Gasteiger partial charge in [0.1, 0.15) is 11.5 Å². The van der Waals surface area contributed by atoms with Crippen molar-refractivity contribution in [2.45, 2.75) is 0 Å². The van der Waals surface area contributed by atoms with Crippen molar-refractivity contribution in [1.82, 2.24) is 10.4 Å². The van der Waals surface area contributed by atoms with Gasteiger partial charge in [-0.2, -0.15) is 0 Å². The maximum atomic E-state index is 12.5. The molecule has 0 bridgehead atoms. The lowest BCUT2D eigenvalue weighted by Crippen LogP contribution is -2.29. The van der Waals surface area contributed by atoms with Crippen LogP contribution in [0.3, 0.4) is 0 Å². The van der Waals surface area contributed by atoms with Crippen molar-refractivity contribution < 1.29 is 9.53 Å². The van der Waals surface area contributed by atoms with Crippen LogP contribution in [0.15, 0.2) is 67.0 Å². The lowest BCUT2D eigenvalue weighted by Gasteiger charge is -2.14. The first-order valence-corrected chi connectivity index (χ1v) is 8.08. The Balaban J connectivity index is 1.76. The fourth-order valence-electron chi connectivity index (χ4n) is 2.08. The topological polar surface area (TPSA) is 63.2 Å². The molecule has 3 rings (SSSR count). The summed E-state index contributed by atoms with van der Waals surface area (Å²) in [6.45, 7) is 0. The molecule has 5 nitrogen and oxygen atoms in total. The molecule has 0 unspecified atom stereocenters. The third kappa shape index (κ3) is 4.21. The number of ether oxygens (including phenoxy) is 1. The molecule has 1 heterocycles. The molecular weight excluding hydrogens is 361 g/mol. The molecule has 25 heavy (non-hydrogen) atoms. The lowest BCUT2D eigenvalue weighted by molar-refractivity contribution is 0.0960. The molecule has 0 saturated carbocycles. The van der Waals surface area contributed by atoms with Crippen molar-refractivity contribution in [1.29, 1.82) is 0 Å². The summed E-state index contributed by atoms with van der Waals surface area (Å²) in [5.41, 5.74) is 6.08. The number of para-hydroxylation sites is 2. The van der Waals surface area contributed by atoms with E-state index in [0.717, 1.165) is 0 Å². The zero-order valence-electron chi connectivity index (χ0n) is 12.9. The van der Waals surface area contributed by atoms with Crippen LogP contribution in [0.5, 0.6) is 11.5 Å². The second-order valence-corrected chi connectivity index (χ2v) is 5.78. The second-order valence-electron chi connectivity index (χ2n) is 4.96. The molecule has 0 aliphatic heterocycles. The van der Waals surface area contributed by atoms with Gasteiger partial charge >= 0.3 is 0 Å². The van der Waals surface area contributed by atoms with E-state index in [9.17, 15) is 4.79 Å². The SMILES string of the molecule is O=C(NNc1c(Cl)cccc1Cl)c1ccccc1Oc1cccnc1. The smallest absolute Gasteiger partial charge is 0.273 e. The number of pyridine rings is 1. The average molecular weight is 374 g/mol. The van der Waals surface area contributed by atoms with E-state index in [1.54, 1.807) is 67.0 Å². The van der Waals surface area contributed by atoms with Crippen molar-refractivity contribution in [2.75, 3.05) is 5.43 Å². The van der Waals surface area contributed by atoms with E-state index in [4.69, 9.17) is 27.9 Å². The Morgan fingerprint density at radius 3 is 2.44 bits per heavy atom. The van der Waals surface area contributed by atoms with Crippen LogP contribution in [0.1, 0.15) is 10.4 Å². The van der Waals surface area contributed by atoms with Gasteiger partial charge in [0.25, 0.3) is 5.91 Å². The van der Waals surface area contributed by atoms with Gasteiger partial charge in [-0.3, -0.25) is 20.6 Å². The molecule has 0 saturated heterocycles. The minimum absolute atomic E-state index is 0.349. The Kier molecular flexibility index (Phi) is 5.38. The van der Waals surface area contributed by atoms with Crippen molar-refractivity contribution >= 4 is 34.8 Å². The van der Waals surface area contributed by atoms with Crippen LogP contribution in [-0.2, 0) is 0 Å². The van der Waals surface area contributed by atoms with E-state index in [1.165, 1.54) is 0 Å². The summed E-state index contributed by atoms with van der Waals surface area (Å²) in [6.07, 6.45) is 3.21. The maximum Gasteiger partial charge on any atom is 0.273 e. The lowest BCUT2D eigenvalue weighted by atomic mass is 10.2. The molecule has 0 fully saturated rings. The van der Waals surface area contributed by atoms with E-state index in [2.05, 4.69) is 15.8 Å². The number of hydrazine groups is 1. The molecule has 7 heteroatoms. The summed E-state index contributed by atoms with van der Waals surface area (Å²) in [7, 11) is 0. The number of anilines is 1. The van der Waals surface area contributed by atoms with Crippen molar-refractivity contribution in [3.8, 4) is 11.5 Å². The predicted molar refractivity (Wildman–Crippen MR) is 98.3 cm³/mol. The highest BCUT2D eigenvalue weighted by Crippen LogP contribution is 2.29. The van der Waals surface area contributed by atoms with Gasteiger partial charge in [-0.15, -0.1) is 0 Å². The zero-order valence-corrected chi connectivity index (χ0v) is 14.4. The number of hydrogen-bond donors (Lipinski definition) is 2. The van der Waals surface area contributed by atoms with Crippen LogP contribution in [0.25, 0.3) is 0 Å². The van der Waals surface area contributed by atoms with Crippen LogP contribution >= 0.6 is 23.2 Å². The molecule has 2 aromatic carbocycles. The summed E-state index contributed by atoms with van der Waals surface area (Å²) in [5.74, 6) is 0.542. The monoisotopic (exact) mass is 373 g/mol. The van der Waals surface area contributed by atoms with E-state index >= 15 is 0 Å². The summed E-state index contributed by atoms with van der Waals surface area (Å²) in [4.78, 5) is 16.5. The number of halogens is 2. The first kappa shape index (κ1) is 17.1. The Hall–Kier alpha value is -2.76. The van der Waals surface area contributed by atoms with E-state index in [-0.39, 0.29) is 0 Å². The Bertz CT molecular complexity index is 868. The molecule has 0 atom stereocenters. The molecule has 0 spiro atoms. The molecule has 1 aromatic heterocycles. The van der Waals surface area contributed by atoms with E-state index in [0.29, 0.717) is 32.8 Å². The van der Waals surface area contributed by atoms with Gasteiger partial charge in [-0.1, -0.05) is 41.4 Å². The number of hydrogen-bond acceptors (Lipinski definition) is 4. The number of benzene rings is 2. The summed E-state index contributed by atoms with van der Waals surface area (Å²) < 4.78 is 5.73. The number of amides is 1. The standard InChI is InChI=1S/C18H13Cl2N3O2/c19-14-7-3-8-15(20)17(14)22-23-18(24)13-6-1-2-9-16(13)25-12-5-4-10-21-11-12/h1-11,22H,(H,23,24). The summed E-state index contributed by atoms with van der Waals surface area (Å²) in [5, 5.41) is 0.792. The highest BCUT2D eigenvalue weighted by atomic mass is 35.5. The molecule has 0 radical (unpaired) electrons. The number of nitrogens with one attached hydrogen (secondary N) is 2. The third-order valence-corrected chi connectivity index (χ3v) is 3.89. The van der Waals surface area contributed by atoms with Crippen LogP contribution < -0.4 is 15.6 Å². The molecular formula is C18H13Cl2N3O2. The van der Waals surface area contributed by atoms with Gasteiger partial charge < -0.3 is 4.74 Å². The van der Waals surface area contributed by atoms with Gasteiger partial charge in [0.2, 0.25) is 0 Å². The Morgan fingerprint density at radius 1 is 0.960 bits per heavy atom. The van der Waals surface area contributed by atoms with Crippen LogP contribution in [0.4, 0.5) is 5.69 Å². The van der Waals surface area contributed by atoms with Crippen molar-refractivity contribution in [3.05, 3.63) is 82.6 Å². The normalized spacial score (nSPS) is 10.2. The second kappa shape index (κ2) is 7.88. The Labute approximate surface area is 154 Å². The van der Waals surface area contributed by atoms with E-state index < -0.39 is 5.91 Å². The van der Waals surface area contributed by atoms with E-state index in [1.807, 2.05) is 0 Å². The average Bonchev–Trinajstić information content (AvgIpc) is 2.62. The van der Waals surface area contributed by atoms with Crippen LogP contribution in [-0.4, -0.2) is 10.9 Å². The molecule has 0 aliphatic carbocycles. The van der Waals surface area contributed by atoms with Crippen molar-refractivity contribution in [2.24, 2.45) is 0 Å². The predicted octanol–water partition coefficient (Wildman–Crippen LogP) is 4.94. The fourth-order valence-corrected chi connectivity index (χ4v) is 2.57. The largest absolute Gasteiger partial charge is 0.455 e. The quantitative estimate of drug-likeness (QED) is 0.621. The minimum Gasteiger partial charge on any atom is -0.455 e. The number of aromatic nitrogens is 1. The van der Waals surface area contributed by atoms with Crippen LogP contribution in [0, 0.1) is 0 Å². The van der Waals surface area contributed by atoms with Gasteiger partial charge in [0.15, 0.2) is 0 Å². The molecule has 0 aliphatic rings. The molecule has 126 valence electrons. The summed E-state index contributed by atoms with van der Waals surface area (Å²) in [6, 6.07) is 15.4. The fraction of sp³-hybridized carbons (Fsp3) is 0. The van der Waals surface area contributed by atoms with Crippen molar-refractivity contribution in [3.63, 3.8) is 0 Å². The molecule has 2 N–H and O–H groups in total. The zero-order chi connectivity index (χ0) is 17.6. The number of nitrogens with zero attached hydrogens (tertiary/aromatic N) is 1. The maximum absolute atomic E-state index is 12.5. The first-order chi connectivity index (χ1) is 12.1. The first-order valence-electron chi connectivity index (χ1n) is 7.32. The highest BCUT2D eigenvalue weighted by molar-refractivity contribution is 6.39. The number of rotatable bonds is 5. The highest BCUT2D eigenvalue weighted by Gasteiger charge is 2.14.